The minimum Gasteiger partial charge on any atom is -0.330 e. The second-order valence-electron chi connectivity index (χ2n) is 5.29. The third-order valence-corrected chi connectivity index (χ3v) is 3.75. The van der Waals surface area contributed by atoms with E-state index in [9.17, 15) is 0 Å². The molecule has 19 heavy (non-hydrogen) atoms. The fraction of sp³-hybridized carbons (Fsp3) is 0.353. The van der Waals surface area contributed by atoms with Gasteiger partial charge in [0.1, 0.15) is 0 Å². The standard InChI is InChI=1S/C17H22N2/c1-12-8-13(2)17(14(3)9-12)10-16(11-18)15-4-6-19-7-5-15/h4-9,16H,10-11,18H2,1-3H3. The molecule has 1 atom stereocenters. The van der Waals surface area contributed by atoms with Gasteiger partial charge in [0.15, 0.2) is 0 Å². The largest absolute Gasteiger partial charge is 0.330 e. The third kappa shape index (κ3) is 3.21. The Morgan fingerprint density at radius 2 is 1.63 bits per heavy atom. The van der Waals surface area contributed by atoms with Gasteiger partial charge in [-0.15, -0.1) is 0 Å². The fourth-order valence-corrected chi connectivity index (χ4v) is 2.75. The number of rotatable bonds is 4. The molecule has 2 aromatic rings. The zero-order valence-corrected chi connectivity index (χ0v) is 12.0. The van der Waals surface area contributed by atoms with Gasteiger partial charge in [-0.3, -0.25) is 4.98 Å². The second kappa shape index (κ2) is 5.98. The normalized spacial score (nSPS) is 12.4. The lowest BCUT2D eigenvalue weighted by molar-refractivity contribution is 0.688. The van der Waals surface area contributed by atoms with Crippen molar-refractivity contribution < 1.29 is 0 Å². The first-order chi connectivity index (χ1) is 9.11. The first kappa shape index (κ1) is 13.8. The maximum atomic E-state index is 5.96. The molecule has 0 spiro atoms. The van der Waals surface area contributed by atoms with Gasteiger partial charge >= 0.3 is 0 Å². The van der Waals surface area contributed by atoms with Crippen LogP contribution >= 0.6 is 0 Å². The van der Waals surface area contributed by atoms with Crippen LogP contribution in [-0.2, 0) is 6.42 Å². The van der Waals surface area contributed by atoms with Crippen molar-refractivity contribution in [2.75, 3.05) is 6.54 Å². The maximum absolute atomic E-state index is 5.96. The van der Waals surface area contributed by atoms with Crippen LogP contribution in [0.3, 0.4) is 0 Å². The lowest BCUT2D eigenvalue weighted by atomic mass is 9.88. The van der Waals surface area contributed by atoms with Crippen molar-refractivity contribution in [3.63, 3.8) is 0 Å². The molecule has 0 fully saturated rings. The number of pyridine rings is 1. The van der Waals surface area contributed by atoms with E-state index < -0.39 is 0 Å². The molecule has 1 aromatic heterocycles. The summed E-state index contributed by atoms with van der Waals surface area (Å²) in [6, 6.07) is 8.64. The number of nitrogens with zero attached hydrogens (tertiary/aromatic N) is 1. The van der Waals surface area contributed by atoms with Crippen molar-refractivity contribution in [1.29, 1.82) is 0 Å². The van der Waals surface area contributed by atoms with Crippen molar-refractivity contribution >= 4 is 0 Å². The summed E-state index contributed by atoms with van der Waals surface area (Å²) < 4.78 is 0. The quantitative estimate of drug-likeness (QED) is 0.909. The second-order valence-corrected chi connectivity index (χ2v) is 5.29. The molecule has 0 saturated carbocycles. The molecule has 1 unspecified atom stereocenters. The van der Waals surface area contributed by atoms with Gasteiger partial charge in [0.05, 0.1) is 0 Å². The molecule has 1 aromatic carbocycles. The Balaban J connectivity index is 2.29. The molecular weight excluding hydrogens is 232 g/mol. The van der Waals surface area contributed by atoms with Crippen molar-refractivity contribution in [3.8, 4) is 0 Å². The molecule has 0 bridgehead atoms. The summed E-state index contributed by atoms with van der Waals surface area (Å²) in [6.07, 6.45) is 4.68. The Labute approximate surface area is 115 Å². The van der Waals surface area contributed by atoms with E-state index in [1.165, 1.54) is 27.8 Å². The van der Waals surface area contributed by atoms with Crippen LogP contribution in [0, 0.1) is 20.8 Å². The predicted molar refractivity (Wildman–Crippen MR) is 80.4 cm³/mol. The number of nitrogens with two attached hydrogens (primary N) is 1. The summed E-state index contributed by atoms with van der Waals surface area (Å²) in [4.78, 5) is 4.08. The molecule has 2 heteroatoms. The van der Waals surface area contributed by atoms with Gasteiger partial charge in [0.2, 0.25) is 0 Å². The van der Waals surface area contributed by atoms with Gasteiger partial charge in [0.25, 0.3) is 0 Å². The van der Waals surface area contributed by atoms with Crippen molar-refractivity contribution in [1.82, 2.24) is 4.98 Å². The molecule has 0 radical (unpaired) electrons. The number of aromatic nitrogens is 1. The topological polar surface area (TPSA) is 38.9 Å². The molecule has 2 rings (SSSR count). The number of hydrogen-bond donors (Lipinski definition) is 1. The number of hydrogen-bond acceptors (Lipinski definition) is 2. The minimum atomic E-state index is 0.364. The Morgan fingerprint density at radius 1 is 1.05 bits per heavy atom. The summed E-state index contributed by atoms with van der Waals surface area (Å²) in [6.45, 7) is 7.19. The smallest absolute Gasteiger partial charge is 0.0270 e. The van der Waals surface area contributed by atoms with E-state index in [0.29, 0.717) is 12.5 Å². The maximum Gasteiger partial charge on any atom is 0.0270 e. The molecule has 100 valence electrons. The van der Waals surface area contributed by atoms with Gasteiger partial charge in [-0.05, 0) is 68.1 Å². The Bertz CT molecular complexity index is 523. The van der Waals surface area contributed by atoms with Crippen molar-refractivity contribution in [2.45, 2.75) is 33.1 Å². The van der Waals surface area contributed by atoms with Gasteiger partial charge < -0.3 is 5.73 Å². The Morgan fingerprint density at radius 3 is 2.16 bits per heavy atom. The van der Waals surface area contributed by atoms with Crippen LogP contribution in [0.4, 0.5) is 0 Å². The first-order valence-electron chi connectivity index (χ1n) is 6.78. The summed E-state index contributed by atoms with van der Waals surface area (Å²) in [5.74, 6) is 0.364. The summed E-state index contributed by atoms with van der Waals surface area (Å²) in [5, 5.41) is 0. The van der Waals surface area contributed by atoms with Crippen LogP contribution in [0.1, 0.15) is 33.7 Å². The van der Waals surface area contributed by atoms with Crippen molar-refractivity contribution in [2.24, 2.45) is 5.73 Å². The highest BCUT2D eigenvalue weighted by molar-refractivity contribution is 5.39. The number of aryl methyl sites for hydroxylation is 3. The molecule has 0 aliphatic heterocycles. The molecule has 2 nitrogen and oxygen atoms in total. The third-order valence-electron chi connectivity index (χ3n) is 3.75. The van der Waals surface area contributed by atoms with E-state index in [1.807, 2.05) is 12.4 Å². The van der Waals surface area contributed by atoms with Crippen LogP contribution in [0.2, 0.25) is 0 Å². The van der Waals surface area contributed by atoms with E-state index >= 15 is 0 Å². The van der Waals surface area contributed by atoms with Gasteiger partial charge in [0, 0.05) is 18.3 Å². The molecule has 0 amide bonds. The van der Waals surface area contributed by atoms with E-state index in [1.54, 1.807) is 0 Å². The van der Waals surface area contributed by atoms with Gasteiger partial charge in [-0.1, -0.05) is 17.7 Å². The van der Waals surface area contributed by atoms with E-state index in [2.05, 4.69) is 50.0 Å². The summed E-state index contributed by atoms with van der Waals surface area (Å²) >= 11 is 0. The monoisotopic (exact) mass is 254 g/mol. The van der Waals surface area contributed by atoms with E-state index in [-0.39, 0.29) is 0 Å². The lowest BCUT2D eigenvalue weighted by Crippen LogP contribution is -2.16. The molecule has 0 aliphatic rings. The molecule has 0 aliphatic carbocycles. The van der Waals surface area contributed by atoms with Crippen LogP contribution in [0.5, 0.6) is 0 Å². The zero-order chi connectivity index (χ0) is 13.8. The molecular formula is C17H22N2. The van der Waals surface area contributed by atoms with E-state index in [4.69, 9.17) is 5.73 Å². The Hall–Kier alpha value is -1.67. The summed E-state index contributed by atoms with van der Waals surface area (Å²) in [7, 11) is 0. The number of benzene rings is 1. The van der Waals surface area contributed by atoms with E-state index in [0.717, 1.165) is 6.42 Å². The first-order valence-corrected chi connectivity index (χ1v) is 6.78. The highest BCUT2D eigenvalue weighted by atomic mass is 14.6. The van der Waals surface area contributed by atoms with Crippen LogP contribution < -0.4 is 5.73 Å². The molecule has 2 N–H and O–H groups in total. The van der Waals surface area contributed by atoms with Crippen LogP contribution in [-0.4, -0.2) is 11.5 Å². The fourth-order valence-electron chi connectivity index (χ4n) is 2.75. The lowest BCUT2D eigenvalue weighted by Gasteiger charge is -2.19. The average molecular weight is 254 g/mol. The molecule has 1 heterocycles. The highest BCUT2D eigenvalue weighted by Gasteiger charge is 2.13. The van der Waals surface area contributed by atoms with Crippen molar-refractivity contribution in [3.05, 3.63) is 64.5 Å². The minimum absolute atomic E-state index is 0.364. The predicted octanol–water partition coefficient (Wildman–Crippen LogP) is 3.29. The zero-order valence-electron chi connectivity index (χ0n) is 12.0. The van der Waals surface area contributed by atoms with Gasteiger partial charge in [-0.2, -0.15) is 0 Å². The van der Waals surface area contributed by atoms with Crippen LogP contribution in [0.25, 0.3) is 0 Å². The highest BCUT2D eigenvalue weighted by Crippen LogP contribution is 2.24. The van der Waals surface area contributed by atoms with Crippen LogP contribution in [0.15, 0.2) is 36.7 Å². The molecule has 0 saturated heterocycles. The Kier molecular flexibility index (Phi) is 4.33. The summed E-state index contributed by atoms with van der Waals surface area (Å²) in [5.41, 5.74) is 12.7. The average Bonchev–Trinajstić information content (AvgIpc) is 2.39. The van der Waals surface area contributed by atoms with Gasteiger partial charge in [-0.25, -0.2) is 0 Å². The SMILES string of the molecule is Cc1cc(C)c(CC(CN)c2ccncc2)c(C)c1.